The Morgan fingerprint density at radius 1 is 1.40 bits per heavy atom. The summed E-state index contributed by atoms with van der Waals surface area (Å²) in [4.78, 5) is 15.7. The van der Waals surface area contributed by atoms with Gasteiger partial charge in [0.25, 0.3) is 5.91 Å². The standard InChI is InChI=1S/C12H7BrClF2N3O/c13-5-3-8(11(14)18-4-5)19-12(20)9-6(15)1-2-7(17)10(9)16/h1-4H,17H2,(H,19,20). The highest BCUT2D eigenvalue weighted by molar-refractivity contribution is 9.10. The van der Waals surface area contributed by atoms with Gasteiger partial charge in [-0.25, -0.2) is 13.8 Å². The predicted molar refractivity (Wildman–Crippen MR) is 75.7 cm³/mol. The molecule has 0 spiro atoms. The minimum absolute atomic E-state index is 0.00808. The highest BCUT2D eigenvalue weighted by Crippen LogP contribution is 2.25. The predicted octanol–water partition coefficient (Wildman–Crippen LogP) is 3.61. The third kappa shape index (κ3) is 2.88. The lowest BCUT2D eigenvalue weighted by molar-refractivity contribution is 0.101. The largest absolute Gasteiger partial charge is 0.396 e. The van der Waals surface area contributed by atoms with E-state index in [-0.39, 0.29) is 16.5 Å². The van der Waals surface area contributed by atoms with Gasteiger partial charge in [-0.3, -0.25) is 4.79 Å². The number of hydrogen-bond acceptors (Lipinski definition) is 3. The molecule has 3 N–H and O–H groups in total. The maximum Gasteiger partial charge on any atom is 0.261 e. The number of nitrogen functional groups attached to an aromatic ring is 1. The highest BCUT2D eigenvalue weighted by Gasteiger charge is 2.20. The molecule has 0 saturated carbocycles. The second-order valence-corrected chi connectivity index (χ2v) is 5.05. The number of rotatable bonds is 2. The summed E-state index contributed by atoms with van der Waals surface area (Å²) in [6.07, 6.45) is 1.42. The van der Waals surface area contributed by atoms with Gasteiger partial charge in [0.05, 0.1) is 11.4 Å². The molecule has 0 aliphatic heterocycles. The maximum atomic E-state index is 13.7. The van der Waals surface area contributed by atoms with Crippen molar-refractivity contribution in [3.8, 4) is 0 Å². The fourth-order valence-electron chi connectivity index (χ4n) is 1.47. The van der Waals surface area contributed by atoms with Crippen LogP contribution in [0, 0.1) is 11.6 Å². The zero-order valence-electron chi connectivity index (χ0n) is 9.75. The van der Waals surface area contributed by atoms with Crippen molar-refractivity contribution in [2.75, 3.05) is 11.1 Å². The van der Waals surface area contributed by atoms with Crippen LogP contribution in [0.25, 0.3) is 0 Å². The molecule has 8 heteroatoms. The lowest BCUT2D eigenvalue weighted by atomic mass is 10.1. The second kappa shape index (κ2) is 5.72. The number of amides is 1. The Bertz CT molecular complexity index is 697. The molecular weight excluding hydrogens is 356 g/mol. The van der Waals surface area contributed by atoms with E-state index in [1.807, 2.05) is 0 Å². The van der Waals surface area contributed by atoms with Crippen molar-refractivity contribution in [1.82, 2.24) is 4.98 Å². The van der Waals surface area contributed by atoms with E-state index < -0.39 is 23.1 Å². The van der Waals surface area contributed by atoms with Gasteiger partial charge in [0.1, 0.15) is 11.4 Å². The van der Waals surface area contributed by atoms with Crippen molar-refractivity contribution in [1.29, 1.82) is 0 Å². The van der Waals surface area contributed by atoms with Crippen LogP contribution in [-0.2, 0) is 0 Å². The molecule has 1 amide bonds. The summed E-state index contributed by atoms with van der Waals surface area (Å²) in [6.45, 7) is 0. The number of benzene rings is 1. The van der Waals surface area contributed by atoms with Gasteiger partial charge in [-0.2, -0.15) is 0 Å². The van der Waals surface area contributed by atoms with Crippen LogP contribution >= 0.6 is 27.5 Å². The Kier molecular flexibility index (Phi) is 4.20. The van der Waals surface area contributed by atoms with Crippen molar-refractivity contribution in [3.63, 3.8) is 0 Å². The van der Waals surface area contributed by atoms with Gasteiger partial charge in [-0.1, -0.05) is 11.6 Å². The number of pyridine rings is 1. The molecule has 1 aromatic carbocycles. The number of carbonyl (C=O) groups is 1. The van der Waals surface area contributed by atoms with Gasteiger partial charge in [0.15, 0.2) is 11.0 Å². The summed E-state index contributed by atoms with van der Waals surface area (Å²) in [5, 5.41) is 2.27. The molecule has 0 bridgehead atoms. The second-order valence-electron chi connectivity index (χ2n) is 3.77. The Labute approximate surface area is 126 Å². The number of hydrogen-bond donors (Lipinski definition) is 2. The average molecular weight is 363 g/mol. The number of nitrogens with zero attached hydrogens (tertiary/aromatic N) is 1. The first-order chi connectivity index (χ1) is 9.40. The molecule has 0 aliphatic rings. The molecule has 0 aliphatic carbocycles. The van der Waals surface area contributed by atoms with E-state index in [0.717, 1.165) is 12.1 Å². The van der Waals surface area contributed by atoms with Crippen molar-refractivity contribution in [3.05, 3.63) is 51.2 Å². The van der Waals surface area contributed by atoms with Crippen LogP contribution in [0.4, 0.5) is 20.2 Å². The van der Waals surface area contributed by atoms with Gasteiger partial charge < -0.3 is 11.1 Å². The summed E-state index contributed by atoms with van der Waals surface area (Å²) in [6, 6.07) is 3.40. The molecule has 0 unspecified atom stereocenters. The Morgan fingerprint density at radius 3 is 2.80 bits per heavy atom. The van der Waals surface area contributed by atoms with Gasteiger partial charge in [0.2, 0.25) is 0 Å². The summed E-state index contributed by atoms with van der Waals surface area (Å²) in [7, 11) is 0. The highest BCUT2D eigenvalue weighted by atomic mass is 79.9. The van der Waals surface area contributed by atoms with Crippen LogP contribution < -0.4 is 11.1 Å². The van der Waals surface area contributed by atoms with E-state index in [9.17, 15) is 13.6 Å². The smallest absolute Gasteiger partial charge is 0.261 e. The monoisotopic (exact) mass is 361 g/mol. The average Bonchev–Trinajstić information content (AvgIpc) is 2.39. The minimum atomic E-state index is -1.12. The number of nitrogens with two attached hydrogens (primary N) is 1. The van der Waals surface area contributed by atoms with E-state index in [0.29, 0.717) is 4.47 Å². The lowest BCUT2D eigenvalue weighted by Gasteiger charge is -2.09. The normalized spacial score (nSPS) is 10.4. The third-order valence-corrected chi connectivity index (χ3v) is 3.14. The molecular formula is C12H7BrClF2N3O. The molecule has 104 valence electrons. The van der Waals surface area contributed by atoms with Crippen LogP contribution in [0.15, 0.2) is 28.9 Å². The molecule has 2 aromatic rings. The Morgan fingerprint density at radius 2 is 2.10 bits per heavy atom. The summed E-state index contributed by atoms with van der Waals surface area (Å²) in [5.41, 5.74) is 4.32. The topological polar surface area (TPSA) is 68.0 Å². The molecule has 0 fully saturated rings. The SMILES string of the molecule is Nc1ccc(F)c(C(=O)Nc2cc(Br)cnc2Cl)c1F. The van der Waals surface area contributed by atoms with Gasteiger partial charge in [-0.15, -0.1) is 0 Å². The van der Waals surface area contributed by atoms with Gasteiger partial charge in [-0.05, 0) is 34.1 Å². The van der Waals surface area contributed by atoms with Gasteiger partial charge >= 0.3 is 0 Å². The molecule has 0 radical (unpaired) electrons. The van der Waals surface area contributed by atoms with E-state index in [1.165, 1.54) is 12.3 Å². The fraction of sp³-hybridized carbons (Fsp3) is 0. The minimum Gasteiger partial charge on any atom is -0.396 e. The first kappa shape index (κ1) is 14.7. The van der Waals surface area contributed by atoms with Crippen molar-refractivity contribution >= 4 is 44.8 Å². The zero-order chi connectivity index (χ0) is 14.9. The zero-order valence-corrected chi connectivity index (χ0v) is 12.1. The molecule has 4 nitrogen and oxygen atoms in total. The van der Waals surface area contributed by atoms with Crippen molar-refractivity contribution in [2.45, 2.75) is 0 Å². The number of carbonyl (C=O) groups excluding carboxylic acids is 1. The molecule has 0 atom stereocenters. The first-order valence-corrected chi connectivity index (χ1v) is 6.43. The number of halogens is 4. The van der Waals surface area contributed by atoms with E-state index in [4.69, 9.17) is 17.3 Å². The van der Waals surface area contributed by atoms with Crippen molar-refractivity contribution < 1.29 is 13.6 Å². The molecule has 2 rings (SSSR count). The molecule has 20 heavy (non-hydrogen) atoms. The van der Waals surface area contributed by atoms with E-state index in [1.54, 1.807) is 0 Å². The number of aromatic nitrogens is 1. The van der Waals surface area contributed by atoms with Gasteiger partial charge in [0, 0.05) is 10.7 Å². The Hall–Kier alpha value is -1.73. The van der Waals surface area contributed by atoms with E-state index in [2.05, 4.69) is 26.2 Å². The summed E-state index contributed by atoms with van der Waals surface area (Å²) >= 11 is 8.92. The van der Waals surface area contributed by atoms with Crippen molar-refractivity contribution in [2.24, 2.45) is 0 Å². The lowest BCUT2D eigenvalue weighted by Crippen LogP contribution is -2.17. The number of anilines is 2. The first-order valence-electron chi connectivity index (χ1n) is 5.26. The maximum absolute atomic E-state index is 13.7. The number of nitrogens with one attached hydrogen (secondary N) is 1. The Balaban J connectivity index is 2.38. The summed E-state index contributed by atoms with van der Waals surface area (Å²) in [5.74, 6) is -3.15. The van der Waals surface area contributed by atoms with Crippen LogP contribution in [0.5, 0.6) is 0 Å². The van der Waals surface area contributed by atoms with Crippen LogP contribution in [0.3, 0.4) is 0 Å². The van der Waals surface area contributed by atoms with Crippen LogP contribution in [0.1, 0.15) is 10.4 Å². The third-order valence-electron chi connectivity index (χ3n) is 2.40. The molecule has 1 heterocycles. The fourth-order valence-corrected chi connectivity index (χ4v) is 1.95. The molecule has 1 aromatic heterocycles. The molecule has 0 saturated heterocycles. The summed E-state index contributed by atoms with van der Waals surface area (Å²) < 4.78 is 27.8. The van der Waals surface area contributed by atoms with Crippen LogP contribution in [0.2, 0.25) is 5.15 Å². The van der Waals surface area contributed by atoms with Crippen LogP contribution in [-0.4, -0.2) is 10.9 Å². The quantitative estimate of drug-likeness (QED) is 0.633. The van der Waals surface area contributed by atoms with E-state index >= 15 is 0 Å².